The second-order valence-corrected chi connectivity index (χ2v) is 6.40. The fourth-order valence-electron chi connectivity index (χ4n) is 3.69. The van der Waals surface area contributed by atoms with Crippen LogP contribution in [0.25, 0.3) is 0 Å². The molecule has 2 aliphatic rings. The highest BCUT2D eigenvalue weighted by atomic mass is 16.5. The molecule has 2 N–H and O–H groups in total. The molecule has 3 rings (SSSR count). The summed E-state index contributed by atoms with van der Waals surface area (Å²) in [4.78, 5) is 0. The van der Waals surface area contributed by atoms with Gasteiger partial charge in [-0.25, -0.2) is 0 Å². The Bertz CT molecular complexity index is 447. The van der Waals surface area contributed by atoms with Crippen molar-refractivity contribution in [3.63, 3.8) is 0 Å². The summed E-state index contributed by atoms with van der Waals surface area (Å²) in [6.45, 7) is 2.12. The minimum atomic E-state index is 0.0160. The molecule has 2 heteroatoms. The number of hydrogen-bond acceptors (Lipinski definition) is 2. The summed E-state index contributed by atoms with van der Waals surface area (Å²) < 4.78 is 6.44. The summed E-state index contributed by atoms with van der Waals surface area (Å²) in [5.41, 5.74) is 8.92. The van der Waals surface area contributed by atoms with E-state index in [9.17, 15) is 0 Å². The Labute approximate surface area is 116 Å². The van der Waals surface area contributed by atoms with Gasteiger partial charge in [0.05, 0.1) is 0 Å². The summed E-state index contributed by atoms with van der Waals surface area (Å²) in [5, 5.41) is 0. The molecule has 0 saturated heterocycles. The Kier molecular flexibility index (Phi) is 3.53. The fraction of sp³-hybridized carbons (Fsp3) is 0.647. The Morgan fingerprint density at radius 1 is 1.11 bits per heavy atom. The largest absolute Gasteiger partial charge is 0.487 e. The molecule has 0 unspecified atom stereocenters. The van der Waals surface area contributed by atoms with Gasteiger partial charge in [-0.2, -0.15) is 0 Å². The van der Waals surface area contributed by atoms with Crippen molar-refractivity contribution < 1.29 is 4.74 Å². The summed E-state index contributed by atoms with van der Waals surface area (Å²) in [6.07, 6.45) is 9.99. The van der Waals surface area contributed by atoms with Crippen LogP contribution in [0.3, 0.4) is 0 Å². The lowest BCUT2D eigenvalue weighted by molar-refractivity contribution is 0.0112. The number of ether oxygens (including phenoxy) is 1. The van der Waals surface area contributed by atoms with Crippen molar-refractivity contribution in [2.45, 2.75) is 69.9 Å². The first-order valence-electron chi connectivity index (χ1n) is 7.74. The molecule has 1 aromatic rings. The van der Waals surface area contributed by atoms with Crippen LogP contribution in [0.4, 0.5) is 0 Å². The van der Waals surface area contributed by atoms with Gasteiger partial charge in [-0.1, -0.05) is 37.0 Å². The molecule has 1 aliphatic heterocycles. The van der Waals surface area contributed by atoms with Crippen LogP contribution in [0, 0.1) is 6.92 Å². The number of benzene rings is 1. The molecule has 1 spiro atoms. The van der Waals surface area contributed by atoms with E-state index in [0.29, 0.717) is 0 Å². The molecule has 1 atom stereocenters. The van der Waals surface area contributed by atoms with E-state index in [-0.39, 0.29) is 11.6 Å². The molecule has 0 aromatic heterocycles. The number of rotatable bonds is 0. The second-order valence-electron chi connectivity index (χ2n) is 6.40. The third kappa shape index (κ3) is 2.64. The Morgan fingerprint density at radius 3 is 2.53 bits per heavy atom. The molecular weight excluding hydrogens is 234 g/mol. The third-order valence-electron chi connectivity index (χ3n) is 4.75. The van der Waals surface area contributed by atoms with Crippen LogP contribution in [0.15, 0.2) is 18.2 Å². The van der Waals surface area contributed by atoms with Crippen LogP contribution >= 0.6 is 0 Å². The molecule has 1 fully saturated rings. The zero-order valence-corrected chi connectivity index (χ0v) is 12.0. The van der Waals surface area contributed by atoms with Gasteiger partial charge >= 0.3 is 0 Å². The predicted molar refractivity (Wildman–Crippen MR) is 78.4 cm³/mol. The van der Waals surface area contributed by atoms with Crippen molar-refractivity contribution in [3.05, 3.63) is 29.3 Å². The number of nitrogens with two attached hydrogens (primary N) is 1. The highest BCUT2D eigenvalue weighted by Crippen LogP contribution is 2.44. The second kappa shape index (κ2) is 5.16. The van der Waals surface area contributed by atoms with Gasteiger partial charge in [-0.05, 0) is 38.7 Å². The molecule has 0 bridgehead atoms. The maximum Gasteiger partial charge on any atom is 0.124 e. The van der Waals surface area contributed by atoms with Crippen LogP contribution in [0.5, 0.6) is 5.75 Å². The van der Waals surface area contributed by atoms with E-state index in [1.54, 1.807) is 0 Å². The minimum absolute atomic E-state index is 0.0160. The van der Waals surface area contributed by atoms with Gasteiger partial charge in [0.25, 0.3) is 0 Å². The quantitative estimate of drug-likeness (QED) is 0.755. The van der Waals surface area contributed by atoms with Crippen molar-refractivity contribution >= 4 is 0 Å². The molecule has 0 radical (unpaired) electrons. The smallest absolute Gasteiger partial charge is 0.124 e. The van der Waals surface area contributed by atoms with Crippen molar-refractivity contribution in [3.8, 4) is 5.75 Å². The molecule has 19 heavy (non-hydrogen) atoms. The van der Waals surface area contributed by atoms with E-state index < -0.39 is 0 Å². The zero-order chi connectivity index (χ0) is 13.3. The normalized spacial score (nSPS) is 26.1. The van der Waals surface area contributed by atoms with E-state index in [1.807, 2.05) is 0 Å². The summed E-state index contributed by atoms with van der Waals surface area (Å²) in [5.74, 6) is 1.03. The summed E-state index contributed by atoms with van der Waals surface area (Å²) >= 11 is 0. The minimum Gasteiger partial charge on any atom is -0.487 e. The Morgan fingerprint density at radius 2 is 1.79 bits per heavy atom. The van der Waals surface area contributed by atoms with E-state index in [4.69, 9.17) is 10.5 Å². The van der Waals surface area contributed by atoms with Gasteiger partial charge < -0.3 is 10.5 Å². The summed E-state index contributed by atoms with van der Waals surface area (Å²) in [7, 11) is 0. The van der Waals surface area contributed by atoms with Gasteiger partial charge in [-0.15, -0.1) is 0 Å². The lowest BCUT2D eigenvalue weighted by atomic mass is 9.79. The third-order valence-corrected chi connectivity index (χ3v) is 4.75. The molecular formula is C17H25NO. The maximum absolute atomic E-state index is 6.44. The monoisotopic (exact) mass is 259 g/mol. The first-order chi connectivity index (χ1) is 9.19. The summed E-state index contributed by atoms with van der Waals surface area (Å²) in [6, 6.07) is 6.58. The van der Waals surface area contributed by atoms with E-state index >= 15 is 0 Å². The first kappa shape index (κ1) is 13.0. The average Bonchev–Trinajstić information content (AvgIpc) is 2.36. The maximum atomic E-state index is 6.44. The molecule has 1 aliphatic carbocycles. The Hall–Kier alpha value is -1.02. The molecule has 1 aromatic carbocycles. The van der Waals surface area contributed by atoms with E-state index in [0.717, 1.165) is 12.2 Å². The number of fused-ring (bicyclic) bond motifs is 1. The lowest BCUT2D eigenvalue weighted by Gasteiger charge is -2.42. The zero-order valence-electron chi connectivity index (χ0n) is 12.0. The molecule has 2 nitrogen and oxygen atoms in total. The van der Waals surface area contributed by atoms with Crippen molar-refractivity contribution in [2.24, 2.45) is 5.73 Å². The van der Waals surface area contributed by atoms with Crippen LogP contribution in [-0.4, -0.2) is 5.60 Å². The van der Waals surface area contributed by atoms with Crippen molar-refractivity contribution in [1.29, 1.82) is 0 Å². The van der Waals surface area contributed by atoms with Gasteiger partial charge in [0.2, 0.25) is 0 Å². The first-order valence-corrected chi connectivity index (χ1v) is 7.74. The highest BCUT2D eigenvalue weighted by molar-refractivity contribution is 5.41. The average molecular weight is 259 g/mol. The van der Waals surface area contributed by atoms with Gasteiger partial charge in [0.15, 0.2) is 0 Å². The van der Waals surface area contributed by atoms with Crippen LogP contribution < -0.4 is 10.5 Å². The van der Waals surface area contributed by atoms with E-state index in [2.05, 4.69) is 25.1 Å². The molecule has 1 saturated carbocycles. The van der Waals surface area contributed by atoms with Gasteiger partial charge in [-0.3, -0.25) is 0 Å². The predicted octanol–water partition coefficient (Wildman–Crippen LogP) is 4.26. The SMILES string of the molecule is Cc1ccc2c(c1)[C@@H](N)CC1(CCCCCCC1)O2. The van der Waals surface area contributed by atoms with Gasteiger partial charge in [0, 0.05) is 18.0 Å². The Balaban J connectivity index is 1.88. The number of aryl methyl sites for hydroxylation is 1. The molecule has 1 heterocycles. The van der Waals surface area contributed by atoms with Gasteiger partial charge in [0.1, 0.15) is 11.4 Å². The lowest BCUT2D eigenvalue weighted by Crippen LogP contribution is -2.43. The number of hydrogen-bond donors (Lipinski definition) is 1. The molecule has 0 amide bonds. The molecule has 104 valence electrons. The topological polar surface area (TPSA) is 35.2 Å². The van der Waals surface area contributed by atoms with Crippen molar-refractivity contribution in [1.82, 2.24) is 0 Å². The van der Waals surface area contributed by atoms with Crippen molar-refractivity contribution in [2.75, 3.05) is 0 Å². The highest BCUT2D eigenvalue weighted by Gasteiger charge is 2.39. The van der Waals surface area contributed by atoms with Crippen LogP contribution in [0.1, 0.15) is 68.5 Å². The fourth-order valence-corrected chi connectivity index (χ4v) is 3.69. The van der Waals surface area contributed by atoms with Crippen LogP contribution in [-0.2, 0) is 0 Å². The van der Waals surface area contributed by atoms with Crippen LogP contribution in [0.2, 0.25) is 0 Å². The standard InChI is InChI=1S/C17H25NO/c1-13-7-8-16-14(11-13)15(18)12-17(19-16)9-5-3-2-4-6-10-17/h7-8,11,15H,2-6,9-10,12,18H2,1H3/t15-/m0/s1. The van der Waals surface area contributed by atoms with E-state index in [1.165, 1.54) is 56.1 Å².